The Morgan fingerprint density at radius 3 is 2.12 bits per heavy atom. The number of carbonyl (C=O) groups is 2. The third kappa shape index (κ3) is 2.05. The number of benzene rings is 1. The van der Waals surface area contributed by atoms with Gasteiger partial charge in [-0.3, -0.25) is 0 Å². The Hall–Kier alpha value is -2.24. The van der Waals surface area contributed by atoms with Crippen LogP contribution in [0.15, 0.2) is 12.1 Å². The van der Waals surface area contributed by atoms with E-state index in [9.17, 15) is 19.8 Å². The van der Waals surface area contributed by atoms with Gasteiger partial charge < -0.3 is 19.7 Å². The highest BCUT2D eigenvalue weighted by atomic mass is 16.5. The molecule has 1 aromatic carbocycles. The Balaban J connectivity index is 3.44. The van der Waals surface area contributed by atoms with Crippen molar-refractivity contribution in [2.45, 2.75) is 0 Å². The van der Waals surface area contributed by atoms with Crippen LogP contribution in [-0.4, -0.2) is 36.4 Å². The first-order chi connectivity index (χ1) is 7.51. The van der Waals surface area contributed by atoms with Crippen molar-refractivity contribution in [1.82, 2.24) is 0 Å². The van der Waals surface area contributed by atoms with Crippen LogP contribution in [0, 0.1) is 0 Å². The van der Waals surface area contributed by atoms with Crippen LogP contribution in [0.5, 0.6) is 11.5 Å². The maximum absolute atomic E-state index is 11.3. The van der Waals surface area contributed by atoms with E-state index in [0.717, 1.165) is 26.4 Å². The fraction of sp³-hybridized carbons (Fsp3) is 0.200. The Morgan fingerprint density at radius 1 is 1.06 bits per heavy atom. The molecule has 0 heterocycles. The molecule has 0 fully saturated rings. The Morgan fingerprint density at radius 2 is 1.62 bits per heavy atom. The molecule has 0 aliphatic rings. The van der Waals surface area contributed by atoms with E-state index in [4.69, 9.17) is 0 Å². The van der Waals surface area contributed by atoms with E-state index in [0.29, 0.717) is 0 Å². The molecule has 6 heteroatoms. The summed E-state index contributed by atoms with van der Waals surface area (Å²) in [5, 5.41) is 18.6. The summed E-state index contributed by atoms with van der Waals surface area (Å²) >= 11 is 0. The van der Waals surface area contributed by atoms with Gasteiger partial charge in [0.2, 0.25) is 0 Å². The second-order valence-electron chi connectivity index (χ2n) is 2.87. The van der Waals surface area contributed by atoms with Gasteiger partial charge in [0.05, 0.1) is 19.8 Å². The molecule has 0 amide bonds. The molecule has 1 rings (SSSR count). The smallest absolute Gasteiger partial charge is 0.342 e. The number of carbonyl (C=O) groups excluding carboxylic acids is 2. The summed E-state index contributed by atoms with van der Waals surface area (Å²) in [5.41, 5.74) is -0.598. The number of hydrogen-bond donors (Lipinski definition) is 2. The van der Waals surface area contributed by atoms with Crippen molar-refractivity contribution < 1.29 is 29.3 Å². The number of hydrogen-bond acceptors (Lipinski definition) is 6. The molecule has 6 nitrogen and oxygen atoms in total. The van der Waals surface area contributed by atoms with Gasteiger partial charge in [0.25, 0.3) is 0 Å². The predicted molar refractivity (Wildman–Crippen MR) is 52.5 cm³/mol. The van der Waals surface area contributed by atoms with E-state index < -0.39 is 17.7 Å². The highest BCUT2D eigenvalue weighted by Gasteiger charge is 2.23. The molecule has 0 aliphatic heterocycles. The fourth-order valence-electron chi connectivity index (χ4n) is 1.20. The highest BCUT2D eigenvalue weighted by Crippen LogP contribution is 2.28. The first kappa shape index (κ1) is 11.8. The molecule has 2 N–H and O–H groups in total. The van der Waals surface area contributed by atoms with Crippen LogP contribution in [0.25, 0.3) is 0 Å². The standard InChI is InChI=1S/C10H10O6/c1-15-9(13)6-3-5(11)4-7(12)8(6)10(14)16-2/h3-4,11-12H,1-2H3. The molecule has 0 spiro atoms. The van der Waals surface area contributed by atoms with Crippen molar-refractivity contribution in [2.24, 2.45) is 0 Å². The largest absolute Gasteiger partial charge is 0.508 e. The van der Waals surface area contributed by atoms with E-state index >= 15 is 0 Å². The zero-order valence-corrected chi connectivity index (χ0v) is 8.68. The van der Waals surface area contributed by atoms with Crippen LogP contribution >= 0.6 is 0 Å². The third-order valence-corrected chi connectivity index (χ3v) is 1.90. The predicted octanol–water partition coefficient (Wildman–Crippen LogP) is 0.671. The minimum absolute atomic E-state index is 0.258. The van der Waals surface area contributed by atoms with E-state index in [1.54, 1.807) is 0 Å². The molecule has 0 aromatic heterocycles. The zero-order chi connectivity index (χ0) is 12.3. The van der Waals surface area contributed by atoms with Crippen molar-refractivity contribution in [3.63, 3.8) is 0 Å². The maximum atomic E-state index is 11.3. The molecule has 0 unspecified atom stereocenters. The number of esters is 2. The maximum Gasteiger partial charge on any atom is 0.342 e. The molecular formula is C10H10O6. The zero-order valence-electron chi connectivity index (χ0n) is 8.68. The topological polar surface area (TPSA) is 93.1 Å². The van der Waals surface area contributed by atoms with E-state index in [1.807, 2.05) is 0 Å². The molecule has 0 radical (unpaired) electrons. The molecule has 0 saturated heterocycles. The Labute approximate surface area is 91.0 Å². The minimum atomic E-state index is -0.891. The lowest BCUT2D eigenvalue weighted by Gasteiger charge is -2.08. The average Bonchev–Trinajstić information content (AvgIpc) is 2.26. The minimum Gasteiger partial charge on any atom is -0.508 e. The van der Waals surface area contributed by atoms with Crippen molar-refractivity contribution in [3.05, 3.63) is 23.3 Å². The number of rotatable bonds is 2. The number of aromatic hydroxyl groups is 2. The number of ether oxygens (including phenoxy) is 2. The average molecular weight is 226 g/mol. The van der Waals surface area contributed by atoms with Crippen molar-refractivity contribution >= 4 is 11.9 Å². The van der Waals surface area contributed by atoms with E-state index in [-0.39, 0.29) is 16.9 Å². The van der Waals surface area contributed by atoms with Crippen molar-refractivity contribution in [3.8, 4) is 11.5 Å². The summed E-state index contributed by atoms with van der Waals surface area (Å²) in [7, 11) is 2.22. The normalized spacial score (nSPS) is 9.62. The second kappa shape index (κ2) is 4.52. The number of phenolic OH excluding ortho intramolecular Hbond substituents is 2. The first-order valence-electron chi connectivity index (χ1n) is 4.23. The molecule has 86 valence electrons. The Kier molecular flexibility index (Phi) is 3.34. The summed E-state index contributed by atoms with van der Waals surface area (Å²) in [6.45, 7) is 0. The van der Waals surface area contributed by atoms with Gasteiger partial charge in [-0.05, 0) is 6.07 Å². The van der Waals surface area contributed by atoms with Crippen molar-refractivity contribution in [1.29, 1.82) is 0 Å². The molecule has 1 aromatic rings. The summed E-state index contributed by atoms with van der Waals surface area (Å²) in [5.74, 6) is -2.65. The fourth-order valence-corrected chi connectivity index (χ4v) is 1.20. The quantitative estimate of drug-likeness (QED) is 0.720. The summed E-state index contributed by atoms with van der Waals surface area (Å²) < 4.78 is 8.82. The Bertz CT molecular complexity index is 437. The van der Waals surface area contributed by atoms with Crippen LogP contribution in [0.1, 0.15) is 20.7 Å². The third-order valence-electron chi connectivity index (χ3n) is 1.90. The molecule has 0 bridgehead atoms. The summed E-state index contributed by atoms with van der Waals surface area (Å²) in [6, 6.07) is 1.94. The van der Waals surface area contributed by atoms with Gasteiger partial charge in [-0.1, -0.05) is 0 Å². The van der Waals surface area contributed by atoms with Crippen LogP contribution in [-0.2, 0) is 9.47 Å². The lowest BCUT2D eigenvalue weighted by atomic mass is 10.1. The van der Waals surface area contributed by atoms with Crippen molar-refractivity contribution in [2.75, 3.05) is 14.2 Å². The second-order valence-corrected chi connectivity index (χ2v) is 2.87. The van der Waals surface area contributed by atoms with Gasteiger partial charge in [0.1, 0.15) is 17.1 Å². The molecule has 0 saturated carbocycles. The first-order valence-corrected chi connectivity index (χ1v) is 4.23. The van der Waals surface area contributed by atoms with Crippen LogP contribution < -0.4 is 0 Å². The van der Waals surface area contributed by atoms with E-state index in [1.165, 1.54) is 0 Å². The lowest BCUT2D eigenvalue weighted by Crippen LogP contribution is -2.11. The molecule has 0 atom stereocenters. The number of phenols is 2. The van der Waals surface area contributed by atoms with E-state index in [2.05, 4.69) is 9.47 Å². The van der Waals surface area contributed by atoms with Gasteiger partial charge in [-0.15, -0.1) is 0 Å². The van der Waals surface area contributed by atoms with Gasteiger partial charge in [-0.2, -0.15) is 0 Å². The van der Waals surface area contributed by atoms with Gasteiger partial charge in [0.15, 0.2) is 0 Å². The summed E-state index contributed by atoms with van der Waals surface area (Å²) in [4.78, 5) is 22.6. The monoisotopic (exact) mass is 226 g/mol. The van der Waals surface area contributed by atoms with Crippen LogP contribution in [0.3, 0.4) is 0 Å². The van der Waals surface area contributed by atoms with Crippen LogP contribution in [0.4, 0.5) is 0 Å². The molecule has 16 heavy (non-hydrogen) atoms. The van der Waals surface area contributed by atoms with Crippen LogP contribution in [0.2, 0.25) is 0 Å². The lowest BCUT2D eigenvalue weighted by molar-refractivity contribution is 0.0552. The highest BCUT2D eigenvalue weighted by molar-refractivity contribution is 6.05. The number of methoxy groups -OCH3 is 2. The van der Waals surface area contributed by atoms with Gasteiger partial charge in [0, 0.05) is 6.07 Å². The SMILES string of the molecule is COC(=O)c1cc(O)cc(O)c1C(=O)OC. The summed E-state index contributed by atoms with van der Waals surface area (Å²) in [6.07, 6.45) is 0. The van der Waals surface area contributed by atoms with Gasteiger partial charge in [-0.25, -0.2) is 9.59 Å². The molecular weight excluding hydrogens is 216 g/mol. The van der Waals surface area contributed by atoms with Gasteiger partial charge >= 0.3 is 11.9 Å². The molecule has 0 aliphatic carbocycles.